The van der Waals surface area contributed by atoms with Gasteiger partial charge in [-0.25, -0.2) is 4.79 Å². The minimum Gasteiger partial charge on any atom is -0.444 e. The average molecular weight is 267 g/mol. The van der Waals surface area contributed by atoms with Crippen LogP contribution in [0.15, 0.2) is 72.0 Å². The molecule has 0 saturated heterocycles. The standard InChI is InChI=1S/C15H13N3O2/c19-15(20-12-13-4-2-1-3-5-13)18-9-8-17-7-6-16-10-14(17)11-18/h1-11H,12H2. The van der Waals surface area contributed by atoms with Crippen molar-refractivity contribution in [3.63, 3.8) is 0 Å². The molecular weight excluding hydrogens is 254 g/mol. The van der Waals surface area contributed by atoms with Crippen LogP contribution in [-0.4, -0.2) is 22.1 Å². The second kappa shape index (κ2) is 5.44. The molecule has 0 unspecified atom stereocenters. The Hall–Kier alpha value is -2.82. The highest BCUT2D eigenvalue weighted by Gasteiger charge is 2.17. The smallest absolute Gasteiger partial charge is 0.418 e. The van der Waals surface area contributed by atoms with Crippen molar-refractivity contribution >= 4 is 12.3 Å². The van der Waals surface area contributed by atoms with Gasteiger partial charge in [0.25, 0.3) is 0 Å². The van der Waals surface area contributed by atoms with Gasteiger partial charge >= 0.3 is 6.09 Å². The Kier molecular flexibility index (Phi) is 3.33. The number of allylic oxidation sites excluding steroid dienone is 1. The molecule has 3 rings (SSSR count). The van der Waals surface area contributed by atoms with E-state index in [0.29, 0.717) is 0 Å². The van der Waals surface area contributed by atoms with Gasteiger partial charge in [0.05, 0.1) is 11.9 Å². The van der Waals surface area contributed by atoms with Crippen LogP contribution in [0.3, 0.4) is 0 Å². The van der Waals surface area contributed by atoms with E-state index >= 15 is 0 Å². The summed E-state index contributed by atoms with van der Waals surface area (Å²) in [4.78, 5) is 19.3. The van der Waals surface area contributed by atoms with Crippen LogP contribution >= 0.6 is 0 Å². The van der Waals surface area contributed by atoms with Gasteiger partial charge in [-0.15, -0.1) is 0 Å². The fraction of sp³-hybridized carbons (Fsp3) is 0.0667. The number of fused-ring (bicyclic) bond motifs is 1. The van der Waals surface area contributed by atoms with Crippen molar-refractivity contribution in [3.8, 4) is 0 Å². The van der Waals surface area contributed by atoms with Crippen LogP contribution in [0.2, 0.25) is 0 Å². The van der Waals surface area contributed by atoms with E-state index in [-0.39, 0.29) is 6.61 Å². The number of hydrogen-bond donors (Lipinski definition) is 0. The maximum absolute atomic E-state index is 12.0. The lowest BCUT2D eigenvalue weighted by Crippen LogP contribution is -2.28. The second-order valence-electron chi connectivity index (χ2n) is 4.28. The Labute approximate surface area is 116 Å². The minimum atomic E-state index is -0.416. The van der Waals surface area contributed by atoms with Crippen molar-refractivity contribution in [2.75, 3.05) is 0 Å². The van der Waals surface area contributed by atoms with Gasteiger partial charge in [-0.3, -0.25) is 9.89 Å². The molecule has 2 aliphatic rings. The molecule has 0 radical (unpaired) electrons. The number of carbonyl (C=O) groups excluding carboxylic acids is 1. The fourth-order valence-corrected chi connectivity index (χ4v) is 1.85. The van der Waals surface area contributed by atoms with Crippen LogP contribution in [0.4, 0.5) is 4.79 Å². The molecule has 100 valence electrons. The molecule has 1 amide bonds. The van der Waals surface area contributed by atoms with Gasteiger partial charge < -0.3 is 9.64 Å². The molecule has 2 heterocycles. The highest BCUT2D eigenvalue weighted by Crippen LogP contribution is 2.16. The zero-order valence-corrected chi connectivity index (χ0v) is 10.7. The van der Waals surface area contributed by atoms with Crippen LogP contribution in [0, 0.1) is 0 Å². The number of amides is 1. The molecule has 0 aromatic heterocycles. The molecular formula is C15H13N3O2. The molecule has 0 fully saturated rings. The summed E-state index contributed by atoms with van der Waals surface area (Å²) in [6.45, 7) is 0.255. The number of benzene rings is 1. The van der Waals surface area contributed by atoms with Crippen molar-refractivity contribution < 1.29 is 9.53 Å². The quantitative estimate of drug-likeness (QED) is 0.827. The zero-order valence-electron chi connectivity index (χ0n) is 10.7. The summed E-state index contributed by atoms with van der Waals surface area (Å²) in [7, 11) is 0. The van der Waals surface area contributed by atoms with Gasteiger partial charge in [-0.2, -0.15) is 0 Å². The third-order valence-corrected chi connectivity index (χ3v) is 2.89. The molecule has 0 aliphatic carbocycles. The summed E-state index contributed by atoms with van der Waals surface area (Å²) in [5, 5.41) is 0. The first-order chi connectivity index (χ1) is 9.83. The van der Waals surface area contributed by atoms with E-state index in [0.717, 1.165) is 11.3 Å². The zero-order chi connectivity index (χ0) is 13.8. The van der Waals surface area contributed by atoms with Gasteiger partial charge in [0.15, 0.2) is 0 Å². The van der Waals surface area contributed by atoms with E-state index in [1.54, 1.807) is 31.0 Å². The maximum Gasteiger partial charge on any atom is 0.418 e. The van der Waals surface area contributed by atoms with E-state index in [9.17, 15) is 4.79 Å². The molecule has 1 aromatic carbocycles. The molecule has 1 aromatic rings. The lowest BCUT2D eigenvalue weighted by molar-refractivity contribution is 0.120. The summed E-state index contributed by atoms with van der Waals surface area (Å²) in [6, 6.07) is 9.58. The molecule has 2 aliphatic heterocycles. The third-order valence-electron chi connectivity index (χ3n) is 2.89. The van der Waals surface area contributed by atoms with Crippen molar-refractivity contribution in [1.82, 2.24) is 9.80 Å². The number of hydrogen-bond acceptors (Lipinski definition) is 4. The number of rotatable bonds is 2. The van der Waals surface area contributed by atoms with E-state index in [1.807, 2.05) is 41.4 Å². The van der Waals surface area contributed by atoms with Crippen molar-refractivity contribution in [2.24, 2.45) is 4.99 Å². The molecule has 0 N–H and O–H groups in total. The Morgan fingerprint density at radius 1 is 1.15 bits per heavy atom. The molecule has 20 heavy (non-hydrogen) atoms. The van der Waals surface area contributed by atoms with Crippen molar-refractivity contribution in [3.05, 3.63) is 72.6 Å². The molecule has 5 nitrogen and oxygen atoms in total. The lowest BCUT2D eigenvalue weighted by Gasteiger charge is -2.26. The highest BCUT2D eigenvalue weighted by atomic mass is 16.6. The van der Waals surface area contributed by atoms with Crippen LogP contribution in [0.1, 0.15) is 5.56 Å². The average Bonchev–Trinajstić information content (AvgIpc) is 2.53. The number of carbonyl (C=O) groups is 1. The maximum atomic E-state index is 12.0. The van der Waals surface area contributed by atoms with Gasteiger partial charge in [-0.05, 0) is 5.56 Å². The molecule has 5 heteroatoms. The van der Waals surface area contributed by atoms with Crippen molar-refractivity contribution in [2.45, 2.75) is 6.61 Å². The Balaban J connectivity index is 1.62. The van der Waals surface area contributed by atoms with E-state index in [4.69, 9.17) is 4.74 Å². The van der Waals surface area contributed by atoms with Gasteiger partial charge in [-0.1, -0.05) is 30.3 Å². The fourth-order valence-electron chi connectivity index (χ4n) is 1.85. The predicted molar refractivity (Wildman–Crippen MR) is 75.2 cm³/mol. The van der Waals surface area contributed by atoms with E-state index < -0.39 is 6.09 Å². The Morgan fingerprint density at radius 3 is 2.85 bits per heavy atom. The number of aliphatic imine (C=N–C) groups is 1. The molecule has 0 saturated carbocycles. The first-order valence-corrected chi connectivity index (χ1v) is 6.20. The summed E-state index contributed by atoms with van der Waals surface area (Å²) in [5.41, 5.74) is 1.77. The van der Waals surface area contributed by atoms with Crippen molar-refractivity contribution in [1.29, 1.82) is 0 Å². The van der Waals surface area contributed by atoms with Gasteiger partial charge in [0.1, 0.15) is 6.61 Å². The van der Waals surface area contributed by atoms with E-state index in [1.165, 1.54) is 4.90 Å². The van der Waals surface area contributed by atoms with Gasteiger partial charge in [0, 0.05) is 31.0 Å². The topological polar surface area (TPSA) is 45.1 Å². The molecule has 0 bridgehead atoms. The summed E-state index contributed by atoms with van der Waals surface area (Å²) >= 11 is 0. The SMILES string of the molecule is O=C(OCc1ccccc1)N1C=CN2C=CN=CC2=C1. The van der Waals surface area contributed by atoms with E-state index in [2.05, 4.69) is 4.99 Å². The number of ether oxygens (including phenoxy) is 1. The van der Waals surface area contributed by atoms with Gasteiger partial charge in [0.2, 0.25) is 0 Å². The third kappa shape index (κ3) is 2.61. The molecule has 0 spiro atoms. The van der Waals surface area contributed by atoms with Crippen LogP contribution < -0.4 is 0 Å². The summed E-state index contributed by atoms with van der Waals surface area (Å²) < 4.78 is 5.26. The summed E-state index contributed by atoms with van der Waals surface area (Å²) in [5.74, 6) is 0. The summed E-state index contributed by atoms with van der Waals surface area (Å²) in [6.07, 6.45) is 9.88. The first-order valence-electron chi connectivity index (χ1n) is 6.20. The normalized spacial score (nSPS) is 15.9. The largest absolute Gasteiger partial charge is 0.444 e. The Bertz CT molecular complexity index is 617. The predicted octanol–water partition coefficient (Wildman–Crippen LogP) is 2.81. The lowest BCUT2D eigenvalue weighted by atomic mass is 10.2. The van der Waals surface area contributed by atoms with Crippen LogP contribution in [0.25, 0.3) is 0 Å². The molecule has 0 atom stereocenters. The van der Waals surface area contributed by atoms with Crippen LogP contribution in [-0.2, 0) is 11.3 Å². The highest BCUT2D eigenvalue weighted by molar-refractivity contribution is 5.82. The minimum absolute atomic E-state index is 0.255. The monoisotopic (exact) mass is 267 g/mol. The second-order valence-corrected chi connectivity index (χ2v) is 4.28. The van der Waals surface area contributed by atoms with Crippen LogP contribution in [0.5, 0.6) is 0 Å². The Morgan fingerprint density at radius 2 is 2.00 bits per heavy atom. The number of nitrogens with zero attached hydrogens (tertiary/aromatic N) is 3. The first kappa shape index (κ1) is 12.2.